The highest BCUT2D eigenvalue weighted by molar-refractivity contribution is 5.94. The number of hydrogen-bond donors (Lipinski definition) is 3. The summed E-state index contributed by atoms with van der Waals surface area (Å²) in [6.45, 7) is 3.83. The molecular weight excluding hydrogens is 240 g/mol. The van der Waals surface area contributed by atoms with E-state index in [0.717, 1.165) is 25.0 Å². The quantitative estimate of drug-likeness (QED) is 0.559. The molecule has 1 aromatic carbocycles. The summed E-state index contributed by atoms with van der Waals surface area (Å²) in [6, 6.07) is 1.86. The van der Waals surface area contributed by atoms with Gasteiger partial charge in [-0.25, -0.2) is 8.78 Å². The number of carbonyl (C=O) groups excluding carboxylic acids is 1. The van der Waals surface area contributed by atoms with Crippen LogP contribution in [0.15, 0.2) is 12.1 Å². The van der Waals surface area contributed by atoms with Gasteiger partial charge in [0.15, 0.2) is 11.6 Å². The van der Waals surface area contributed by atoms with Crippen LogP contribution in [0.2, 0.25) is 0 Å². The van der Waals surface area contributed by atoms with Crippen LogP contribution in [-0.2, 0) is 0 Å². The maximum Gasteiger partial charge on any atom is 0.251 e. The molecule has 18 heavy (non-hydrogen) atoms. The fourth-order valence-electron chi connectivity index (χ4n) is 1.65. The Labute approximate surface area is 105 Å². The van der Waals surface area contributed by atoms with Crippen LogP contribution in [0.25, 0.3) is 0 Å². The Balaban J connectivity index is 2.87. The highest BCUT2D eigenvalue weighted by Crippen LogP contribution is 2.19. The van der Waals surface area contributed by atoms with E-state index in [-0.39, 0.29) is 11.6 Å². The fourth-order valence-corrected chi connectivity index (χ4v) is 1.65. The van der Waals surface area contributed by atoms with Crippen molar-refractivity contribution in [1.82, 2.24) is 5.32 Å². The van der Waals surface area contributed by atoms with Gasteiger partial charge in [-0.1, -0.05) is 13.3 Å². The number of hydrogen-bond acceptors (Lipinski definition) is 3. The van der Waals surface area contributed by atoms with Crippen LogP contribution in [0, 0.1) is 11.6 Å². The predicted octanol–water partition coefficient (Wildman–Crippen LogP) is 2.17. The number of benzene rings is 1. The largest absolute Gasteiger partial charge is 0.350 e. The molecule has 1 aromatic rings. The third-order valence-electron chi connectivity index (χ3n) is 2.55. The van der Waals surface area contributed by atoms with Crippen LogP contribution in [0.3, 0.4) is 0 Å². The van der Waals surface area contributed by atoms with Gasteiger partial charge in [0, 0.05) is 11.6 Å². The molecule has 1 atom stereocenters. The normalized spacial score (nSPS) is 12.1. The molecule has 100 valence electrons. The van der Waals surface area contributed by atoms with Crippen LogP contribution in [0.5, 0.6) is 0 Å². The van der Waals surface area contributed by atoms with Crippen LogP contribution in [0.4, 0.5) is 14.5 Å². The van der Waals surface area contributed by atoms with E-state index in [4.69, 9.17) is 5.84 Å². The summed E-state index contributed by atoms with van der Waals surface area (Å²) in [7, 11) is 0. The monoisotopic (exact) mass is 257 g/mol. The minimum absolute atomic E-state index is 0.0408. The number of anilines is 1. The smallest absolute Gasteiger partial charge is 0.251 e. The second-order valence-corrected chi connectivity index (χ2v) is 4.12. The fraction of sp³-hybridized carbons (Fsp3) is 0.417. The molecule has 0 fully saturated rings. The Morgan fingerprint density at radius 2 is 1.94 bits per heavy atom. The van der Waals surface area contributed by atoms with Crippen molar-refractivity contribution in [3.63, 3.8) is 0 Å². The molecule has 0 heterocycles. The van der Waals surface area contributed by atoms with Crippen LogP contribution in [-0.4, -0.2) is 11.9 Å². The lowest BCUT2D eigenvalue weighted by atomic mass is 10.1. The second-order valence-electron chi connectivity index (χ2n) is 4.12. The van der Waals surface area contributed by atoms with Gasteiger partial charge >= 0.3 is 0 Å². The third-order valence-corrected chi connectivity index (χ3v) is 2.55. The number of halogens is 2. The maximum absolute atomic E-state index is 13.4. The molecule has 0 bridgehead atoms. The SMILES string of the molecule is CCCC(C)NC(=O)c1cc(F)c(NN)c(F)c1. The van der Waals surface area contributed by atoms with Gasteiger partial charge in [0.1, 0.15) is 5.69 Å². The van der Waals surface area contributed by atoms with Gasteiger partial charge in [0.2, 0.25) is 0 Å². The van der Waals surface area contributed by atoms with E-state index in [1.165, 1.54) is 0 Å². The molecule has 0 aromatic heterocycles. The summed E-state index contributed by atoms with van der Waals surface area (Å²) in [4.78, 5) is 11.7. The zero-order valence-corrected chi connectivity index (χ0v) is 10.4. The zero-order valence-electron chi connectivity index (χ0n) is 10.4. The Hall–Kier alpha value is -1.69. The van der Waals surface area contributed by atoms with Crippen LogP contribution >= 0.6 is 0 Å². The molecule has 0 saturated carbocycles. The van der Waals surface area contributed by atoms with Crippen molar-refractivity contribution in [1.29, 1.82) is 0 Å². The Bertz CT molecular complexity index is 414. The Morgan fingerprint density at radius 3 is 2.39 bits per heavy atom. The lowest BCUT2D eigenvalue weighted by molar-refractivity contribution is 0.0937. The van der Waals surface area contributed by atoms with Crippen molar-refractivity contribution in [2.45, 2.75) is 32.7 Å². The van der Waals surface area contributed by atoms with E-state index < -0.39 is 23.2 Å². The molecule has 4 N–H and O–H groups in total. The van der Waals surface area contributed by atoms with Gasteiger partial charge in [0.25, 0.3) is 5.91 Å². The highest BCUT2D eigenvalue weighted by atomic mass is 19.1. The van der Waals surface area contributed by atoms with E-state index in [1.54, 1.807) is 0 Å². The van der Waals surface area contributed by atoms with Gasteiger partial charge in [-0.2, -0.15) is 0 Å². The summed E-state index contributed by atoms with van der Waals surface area (Å²) < 4.78 is 26.8. The standard InChI is InChI=1S/C12H17F2N3O/c1-3-4-7(2)16-12(18)8-5-9(13)11(17-15)10(14)6-8/h5-7,17H,3-4,15H2,1-2H3,(H,16,18). The lowest BCUT2D eigenvalue weighted by Crippen LogP contribution is -2.32. The van der Waals surface area contributed by atoms with Crippen molar-refractivity contribution < 1.29 is 13.6 Å². The Kier molecular flexibility index (Phi) is 5.03. The molecule has 6 heteroatoms. The first kappa shape index (κ1) is 14.4. The topological polar surface area (TPSA) is 67.2 Å². The number of hydrazine groups is 1. The molecular formula is C12H17F2N3O. The van der Waals surface area contributed by atoms with Gasteiger partial charge < -0.3 is 10.7 Å². The lowest BCUT2D eigenvalue weighted by Gasteiger charge is -2.13. The molecule has 4 nitrogen and oxygen atoms in total. The number of nitrogen functional groups attached to an aromatic ring is 1. The van der Waals surface area contributed by atoms with E-state index in [1.807, 2.05) is 19.3 Å². The van der Waals surface area contributed by atoms with E-state index in [0.29, 0.717) is 0 Å². The van der Waals surface area contributed by atoms with Gasteiger partial charge in [0.05, 0.1) is 0 Å². The van der Waals surface area contributed by atoms with Crippen LogP contribution < -0.4 is 16.6 Å². The summed E-state index contributed by atoms with van der Waals surface area (Å²) in [5, 5.41) is 2.67. The highest BCUT2D eigenvalue weighted by Gasteiger charge is 2.15. The maximum atomic E-state index is 13.4. The Morgan fingerprint density at radius 1 is 1.39 bits per heavy atom. The van der Waals surface area contributed by atoms with Crippen molar-refractivity contribution in [2.24, 2.45) is 5.84 Å². The number of rotatable bonds is 5. The zero-order chi connectivity index (χ0) is 13.7. The van der Waals surface area contributed by atoms with E-state index in [2.05, 4.69) is 5.32 Å². The first-order chi connectivity index (χ1) is 8.49. The second kappa shape index (κ2) is 6.30. The van der Waals surface area contributed by atoms with E-state index in [9.17, 15) is 13.6 Å². The molecule has 0 saturated heterocycles. The molecule has 1 unspecified atom stereocenters. The van der Waals surface area contributed by atoms with E-state index >= 15 is 0 Å². The average molecular weight is 257 g/mol. The summed E-state index contributed by atoms with van der Waals surface area (Å²) in [5.41, 5.74) is 1.40. The summed E-state index contributed by atoms with van der Waals surface area (Å²) in [6.07, 6.45) is 1.72. The molecule has 0 aliphatic carbocycles. The number of nitrogens with two attached hydrogens (primary N) is 1. The van der Waals surface area contributed by atoms with Gasteiger partial charge in [-0.15, -0.1) is 0 Å². The van der Waals surface area contributed by atoms with Crippen LogP contribution in [0.1, 0.15) is 37.0 Å². The molecule has 1 rings (SSSR count). The number of carbonyl (C=O) groups is 1. The molecule has 0 radical (unpaired) electrons. The number of nitrogens with one attached hydrogen (secondary N) is 2. The minimum atomic E-state index is -0.897. The molecule has 0 spiro atoms. The number of amides is 1. The van der Waals surface area contributed by atoms with Crippen molar-refractivity contribution in [3.8, 4) is 0 Å². The summed E-state index contributed by atoms with van der Waals surface area (Å²) >= 11 is 0. The first-order valence-corrected chi connectivity index (χ1v) is 5.76. The first-order valence-electron chi connectivity index (χ1n) is 5.76. The predicted molar refractivity (Wildman–Crippen MR) is 66.0 cm³/mol. The van der Waals surface area contributed by atoms with Crippen molar-refractivity contribution in [3.05, 3.63) is 29.3 Å². The van der Waals surface area contributed by atoms with Gasteiger partial charge in [-0.05, 0) is 25.5 Å². The van der Waals surface area contributed by atoms with Crippen molar-refractivity contribution in [2.75, 3.05) is 5.43 Å². The molecule has 1 amide bonds. The average Bonchev–Trinajstić information content (AvgIpc) is 2.28. The summed E-state index contributed by atoms with van der Waals surface area (Å²) in [5.74, 6) is 2.67. The minimum Gasteiger partial charge on any atom is -0.350 e. The third kappa shape index (κ3) is 3.40. The van der Waals surface area contributed by atoms with Gasteiger partial charge in [-0.3, -0.25) is 10.6 Å². The van der Waals surface area contributed by atoms with Crippen molar-refractivity contribution >= 4 is 11.6 Å². The molecule has 0 aliphatic rings. The molecule has 0 aliphatic heterocycles.